The quantitative estimate of drug-likeness (QED) is 0.558. The number of amides is 1. The Morgan fingerprint density at radius 1 is 1.50 bits per heavy atom. The summed E-state index contributed by atoms with van der Waals surface area (Å²) in [6, 6.07) is 1.52. The number of pyridine rings is 1. The van der Waals surface area contributed by atoms with Crippen LogP contribution in [-0.4, -0.2) is 27.2 Å². The summed E-state index contributed by atoms with van der Waals surface area (Å²) in [5.74, 6) is 5.32. The minimum absolute atomic E-state index is 0.230. The minimum atomic E-state index is -0.230. The second-order valence-electron chi connectivity index (χ2n) is 4.23. The summed E-state index contributed by atoms with van der Waals surface area (Å²) in [5, 5.41) is 7.15. The van der Waals surface area contributed by atoms with Gasteiger partial charge in [-0.3, -0.25) is 9.48 Å². The van der Waals surface area contributed by atoms with Gasteiger partial charge in [0.15, 0.2) is 5.82 Å². The third-order valence-corrected chi connectivity index (χ3v) is 2.99. The van der Waals surface area contributed by atoms with Gasteiger partial charge in [-0.25, -0.2) is 10.8 Å². The molecule has 0 spiro atoms. The van der Waals surface area contributed by atoms with Crippen LogP contribution in [0.5, 0.6) is 0 Å². The molecule has 0 aliphatic heterocycles. The highest BCUT2D eigenvalue weighted by Gasteiger charge is 2.09. The average Bonchev–Trinajstić information content (AvgIpc) is 2.84. The second-order valence-corrected chi connectivity index (χ2v) is 4.63. The molecule has 20 heavy (non-hydrogen) atoms. The topological polar surface area (TPSA) is 97.9 Å². The molecule has 7 nitrogen and oxygen atoms in total. The van der Waals surface area contributed by atoms with E-state index < -0.39 is 0 Å². The number of hydrazine groups is 1. The molecule has 2 aromatic heterocycles. The molecule has 2 rings (SSSR count). The van der Waals surface area contributed by atoms with E-state index in [0.29, 0.717) is 29.4 Å². The fourth-order valence-corrected chi connectivity index (χ4v) is 1.91. The molecular formula is C12H15ClN6O. The Kier molecular flexibility index (Phi) is 4.54. The molecule has 0 aromatic carbocycles. The van der Waals surface area contributed by atoms with Crippen LogP contribution in [0.1, 0.15) is 15.9 Å². The predicted molar refractivity (Wildman–Crippen MR) is 76.3 cm³/mol. The third-order valence-electron chi connectivity index (χ3n) is 2.70. The Balaban J connectivity index is 1.90. The maximum absolute atomic E-state index is 11.9. The van der Waals surface area contributed by atoms with Crippen LogP contribution in [0.15, 0.2) is 24.7 Å². The van der Waals surface area contributed by atoms with E-state index in [1.165, 1.54) is 12.3 Å². The fourth-order valence-electron chi connectivity index (χ4n) is 1.69. The van der Waals surface area contributed by atoms with Crippen molar-refractivity contribution in [1.29, 1.82) is 0 Å². The fraction of sp³-hybridized carbons (Fsp3) is 0.250. The lowest BCUT2D eigenvalue weighted by atomic mass is 10.2. The van der Waals surface area contributed by atoms with Crippen molar-refractivity contribution >= 4 is 23.3 Å². The van der Waals surface area contributed by atoms with Gasteiger partial charge in [-0.05, 0) is 18.1 Å². The molecule has 106 valence electrons. The van der Waals surface area contributed by atoms with Gasteiger partial charge in [-0.2, -0.15) is 5.10 Å². The Morgan fingerprint density at radius 3 is 2.90 bits per heavy atom. The Bertz CT molecular complexity index is 612. The van der Waals surface area contributed by atoms with Crippen LogP contribution in [0.2, 0.25) is 5.02 Å². The van der Waals surface area contributed by atoms with E-state index in [2.05, 4.69) is 20.8 Å². The number of hydrogen-bond donors (Lipinski definition) is 3. The number of nitrogens with one attached hydrogen (secondary N) is 2. The van der Waals surface area contributed by atoms with Gasteiger partial charge in [0.05, 0.1) is 16.8 Å². The lowest BCUT2D eigenvalue weighted by Gasteiger charge is -2.06. The molecule has 0 radical (unpaired) electrons. The molecule has 0 aliphatic carbocycles. The van der Waals surface area contributed by atoms with Gasteiger partial charge in [-0.1, -0.05) is 11.6 Å². The number of aromatic nitrogens is 3. The maximum Gasteiger partial charge on any atom is 0.252 e. The van der Waals surface area contributed by atoms with Gasteiger partial charge in [0.1, 0.15) is 0 Å². The summed E-state index contributed by atoms with van der Waals surface area (Å²) in [6.45, 7) is 0.513. The molecule has 8 heteroatoms. The van der Waals surface area contributed by atoms with Gasteiger partial charge in [-0.15, -0.1) is 0 Å². The molecule has 0 saturated carbocycles. The highest BCUT2D eigenvalue weighted by molar-refractivity contribution is 6.33. The van der Waals surface area contributed by atoms with Crippen LogP contribution in [0.25, 0.3) is 0 Å². The molecule has 0 atom stereocenters. The Hall–Kier alpha value is -2.12. The van der Waals surface area contributed by atoms with Crippen LogP contribution in [0.3, 0.4) is 0 Å². The number of carbonyl (C=O) groups is 1. The third kappa shape index (κ3) is 3.46. The first-order valence-corrected chi connectivity index (χ1v) is 6.36. The van der Waals surface area contributed by atoms with Gasteiger partial charge in [0, 0.05) is 26.0 Å². The minimum Gasteiger partial charge on any atom is -0.352 e. The van der Waals surface area contributed by atoms with Gasteiger partial charge >= 0.3 is 0 Å². The normalized spacial score (nSPS) is 10.3. The maximum atomic E-state index is 11.9. The number of carbonyl (C=O) groups excluding carboxylic acids is 1. The lowest BCUT2D eigenvalue weighted by Crippen LogP contribution is -2.26. The van der Waals surface area contributed by atoms with Crippen molar-refractivity contribution in [3.8, 4) is 0 Å². The van der Waals surface area contributed by atoms with E-state index in [9.17, 15) is 4.79 Å². The Morgan fingerprint density at radius 2 is 2.30 bits per heavy atom. The molecule has 0 aliphatic rings. The molecule has 0 saturated heterocycles. The zero-order valence-corrected chi connectivity index (χ0v) is 11.7. The van der Waals surface area contributed by atoms with Crippen LogP contribution < -0.4 is 16.6 Å². The standard InChI is InChI=1S/C12H15ClN6O/c1-19-7-8(5-17-19)2-3-15-12(20)9-4-10(13)11(18-14)16-6-9/h4-7H,2-3,14H2,1H3,(H,15,20)(H,16,18). The summed E-state index contributed by atoms with van der Waals surface area (Å²) in [5.41, 5.74) is 3.80. The van der Waals surface area contributed by atoms with E-state index in [-0.39, 0.29) is 5.91 Å². The molecule has 2 aromatic rings. The van der Waals surface area contributed by atoms with Crippen molar-refractivity contribution in [3.63, 3.8) is 0 Å². The molecule has 4 N–H and O–H groups in total. The van der Waals surface area contributed by atoms with E-state index in [1.54, 1.807) is 10.9 Å². The average molecular weight is 295 g/mol. The summed E-state index contributed by atoms with van der Waals surface area (Å²) in [4.78, 5) is 15.9. The summed E-state index contributed by atoms with van der Waals surface area (Å²) in [6.07, 6.45) is 5.81. The van der Waals surface area contributed by atoms with Crippen LogP contribution in [0, 0.1) is 0 Å². The van der Waals surface area contributed by atoms with Crippen LogP contribution in [0.4, 0.5) is 5.82 Å². The van der Waals surface area contributed by atoms with Crippen molar-refractivity contribution in [3.05, 3.63) is 40.8 Å². The summed E-state index contributed by atoms with van der Waals surface area (Å²) in [7, 11) is 1.85. The van der Waals surface area contributed by atoms with Gasteiger partial charge < -0.3 is 10.7 Å². The van der Waals surface area contributed by atoms with Crippen molar-refractivity contribution in [1.82, 2.24) is 20.1 Å². The van der Waals surface area contributed by atoms with E-state index in [0.717, 1.165) is 5.56 Å². The Labute approximate surface area is 121 Å². The first-order valence-electron chi connectivity index (χ1n) is 5.98. The van der Waals surface area contributed by atoms with Crippen molar-refractivity contribution in [2.45, 2.75) is 6.42 Å². The summed E-state index contributed by atoms with van der Waals surface area (Å²) >= 11 is 5.91. The number of nitrogens with zero attached hydrogens (tertiary/aromatic N) is 3. The molecule has 0 unspecified atom stereocenters. The number of hydrogen-bond acceptors (Lipinski definition) is 5. The number of anilines is 1. The highest BCUT2D eigenvalue weighted by atomic mass is 35.5. The summed E-state index contributed by atoms with van der Waals surface area (Å²) < 4.78 is 1.72. The van der Waals surface area contributed by atoms with Gasteiger partial charge in [0.2, 0.25) is 0 Å². The smallest absolute Gasteiger partial charge is 0.252 e. The number of rotatable bonds is 5. The van der Waals surface area contributed by atoms with Crippen molar-refractivity contribution in [2.24, 2.45) is 12.9 Å². The number of halogens is 1. The van der Waals surface area contributed by atoms with E-state index in [1.807, 2.05) is 13.2 Å². The molecule has 2 heterocycles. The monoisotopic (exact) mass is 294 g/mol. The first-order chi connectivity index (χ1) is 9.60. The number of nitrogens with two attached hydrogens (primary N) is 1. The molecule has 1 amide bonds. The second kappa shape index (κ2) is 6.36. The zero-order valence-electron chi connectivity index (χ0n) is 10.9. The lowest BCUT2D eigenvalue weighted by molar-refractivity contribution is 0.0954. The SMILES string of the molecule is Cn1cc(CCNC(=O)c2cnc(NN)c(Cl)c2)cn1. The highest BCUT2D eigenvalue weighted by Crippen LogP contribution is 2.18. The number of aryl methyl sites for hydroxylation is 1. The molecule has 0 fully saturated rings. The van der Waals surface area contributed by atoms with Crippen molar-refractivity contribution in [2.75, 3.05) is 12.0 Å². The zero-order chi connectivity index (χ0) is 14.5. The van der Waals surface area contributed by atoms with E-state index in [4.69, 9.17) is 17.4 Å². The van der Waals surface area contributed by atoms with Gasteiger partial charge in [0.25, 0.3) is 5.91 Å². The van der Waals surface area contributed by atoms with Crippen molar-refractivity contribution < 1.29 is 4.79 Å². The van der Waals surface area contributed by atoms with Crippen LogP contribution >= 0.6 is 11.6 Å². The largest absolute Gasteiger partial charge is 0.352 e. The number of nitrogen functional groups attached to an aromatic ring is 1. The van der Waals surface area contributed by atoms with Crippen LogP contribution in [-0.2, 0) is 13.5 Å². The predicted octanol–water partition coefficient (Wildman–Crippen LogP) is 0.727. The van der Waals surface area contributed by atoms with E-state index >= 15 is 0 Å². The first kappa shape index (κ1) is 14.3. The molecule has 0 bridgehead atoms. The molecular weight excluding hydrogens is 280 g/mol.